The lowest BCUT2D eigenvalue weighted by molar-refractivity contribution is 0.0120. The number of rotatable bonds is 6. The third-order valence-corrected chi connectivity index (χ3v) is 3.94. The van der Waals surface area contributed by atoms with E-state index in [4.69, 9.17) is 4.74 Å². The molecule has 1 aromatic rings. The molecule has 2 rings (SSSR count). The largest absolute Gasteiger partial charge is 0.387 e. The van der Waals surface area contributed by atoms with Gasteiger partial charge < -0.3 is 20.5 Å². The second-order valence-electron chi connectivity index (χ2n) is 5.84. The number of aliphatic hydroxyl groups excluding tert-OH is 1. The summed E-state index contributed by atoms with van der Waals surface area (Å²) in [6.07, 6.45) is 3.85. The van der Waals surface area contributed by atoms with Gasteiger partial charge in [-0.15, -0.1) is 0 Å². The first kappa shape index (κ1) is 16.8. The maximum atomic E-state index is 11.7. The summed E-state index contributed by atoms with van der Waals surface area (Å²) in [5.74, 6) is 0. The number of urea groups is 1. The number of benzene rings is 1. The second kappa shape index (κ2) is 8.76. The summed E-state index contributed by atoms with van der Waals surface area (Å²) < 4.78 is 5.61. The third-order valence-electron chi connectivity index (χ3n) is 3.94. The molecule has 0 radical (unpaired) electrons. The predicted molar refractivity (Wildman–Crippen MR) is 85.7 cm³/mol. The van der Waals surface area contributed by atoms with Crippen molar-refractivity contribution in [3.63, 3.8) is 0 Å². The summed E-state index contributed by atoms with van der Waals surface area (Å²) in [4.78, 5) is 11.7. The van der Waals surface area contributed by atoms with Crippen LogP contribution in [0.25, 0.3) is 0 Å². The average Bonchev–Trinajstić information content (AvgIpc) is 2.54. The Morgan fingerprint density at radius 1 is 1.32 bits per heavy atom. The summed E-state index contributed by atoms with van der Waals surface area (Å²) >= 11 is 0. The molecule has 1 aliphatic rings. The Kier molecular flexibility index (Phi) is 6.68. The van der Waals surface area contributed by atoms with E-state index in [-0.39, 0.29) is 18.7 Å². The maximum absolute atomic E-state index is 11.7. The summed E-state index contributed by atoms with van der Waals surface area (Å²) in [5.41, 5.74) is 1.95. The average molecular weight is 306 g/mol. The third kappa shape index (κ3) is 5.66. The Morgan fingerprint density at radius 3 is 2.77 bits per heavy atom. The van der Waals surface area contributed by atoms with Crippen LogP contribution in [-0.2, 0) is 4.74 Å². The highest BCUT2D eigenvalue weighted by molar-refractivity contribution is 5.73. The van der Waals surface area contributed by atoms with Gasteiger partial charge in [0, 0.05) is 19.7 Å². The quantitative estimate of drug-likeness (QED) is 0.755. The minimum absolute atomic E-state index is 0.203. The molecule has 1 heterocycles. The Labute approximate surface area is 132 Å². The SMILES string of the molecule is Cc1ccc(C(O)CNC(=O)NCCC2CCCCO2)cc1. The number of hydrogen-bond acceptors (Lipinski definition) is 3. The van der Waals surface area contributed by atoms with Crippen molar-refractivity contribution in [2.75, 3.05) is 19.7 Å². The van der Waals surface area contributed by atoms with E-state index in [1.165, 1.54) is 6.42 Å². The van der Waals surface area contributed by atoms with Crippen LogP contribution in [0, 0.1) is 6.92 Å². The molecule has 2 amide bonds. The van der Waals surface area contributed by atoms with Crippen molar-refractivity contribution in [2.45, 2.75) is 44.8 Å². The van der Waals surface area contributed by atoms with Crippen LogP contribution in [0.15, 0.2) is 24.3 Å². The Balaban J connectivity index is 1.61. The van der Waals surface area contributed by atoms with E-state index in [0.29, 0.717) is 6.54 Å². The second-order valence-corrected chi connectivity index (χ2v) is 5.84. The van der Waals surface area contributed by atoms with Crippen LogP contribution >= 0.6 is 0 Å². The molecule has 0 aliphatic carbocycles. The first-order valence-electron chi connectivity index (χ1n) is 8.03. The zero-order chi connectivity index (χ0) is 15.8. The molecule has 0 saturated carbocycles. The normalized spacial score (nSPS) is 19.5. The standard InChI is InChI=1S/C17H26N2O3/c1-13-5-7-14(8-6-13)16(20)12-19-17(21)18-10-9-15-4-2-3-11-22-15/h5-8,15-16,20H,2-4,9-12H2,1H3,(H2,18,19,21). The minimum atomic E-state index is -0.687. The van der Waals surface area contributed by atoms with Crippen LogP contribution in [0.1, 0.15) is 42.9 Å². The smallest absolute Gasteiger partial charge is 0.314 e. The highest BCUT2D eigenvalue weighted by Crippen LogP contribution is 2.15. The Bertz CT molecular complexity index is 455. The molecule has 0 aromatic heterocycles. The predicted octanol–water partition coefficient (Wildman–Crippen LogP) is 2.29. The highest BCUT2D eigenvalue weighted by atomic mass is 16.5. The van der Waals surface area contributed by atoms with Gasteiger partial charge in [-0.3, -0.25) is 0 Å². The number of aryl methyl sites for hydroxylation is 1. The van der Waals surface area contributed by atoms with Crippen molar-refractivity contribution >= 4 is 6.03 Å². The van der Waals surface area contributed by atoms with Crippen molar-refractivity contribution in [3.8, 4) is 0 Å². The fourth-order valence-corrected chi connectivity index (χ4v) is 2.54. The molecule has 1 aromatic carbocycles. The molecule has 1 saturated heterocycles. The topological polar surface area (TPSA) is 70.6 Å². The molecule has 0 spiro atoms. The van der Waals surface area contributed by atoms with Gasteiger partial charge in [0.15, 0.2) is 0 Å². The van der Waals surface area contributed by atoms with E-state index < -0.39 is 6.10 Å². The van der Waals surface area contributed by atoms with Crippen LogP contribution in [0.2, 0.25) is 0 Å². The van der Waals surface area contributed by atoms with Crippen molar-refractivity contribution < 1.29 is 14.6 Å². The number of carbonyl (C=O) groups is 1. The number of amides is 2. The number of hydrogen-bond donors (Lipinski definition) is 3. The van der Waals surface area contributed by atoms with E-state index in [2.05, 4.69) is 10.6 Å². The summed E-state index contributed by atoms with van der Waals surface area (Å²) in [7, 11) is 0. The summed E-state index contributed by atoms with van der Waals surface area (Å²) in [5, 5.41) is 15.5. The molecule has 22 heavy (non-hydrogen) atoms. The zero-order valence-electron chi connectivity index (χ0n) is 13.2. The molecule has 122 valence electrons. The van der Waals surface area contributed by atoms with Gasteiger partial charge in [-0.05, 0) is 38.2 Å². The number of ether oxygens (including phenoxy) is 1. The van der Waals surface area contributed by atoms with Crippen molar-refractivity contribution in [3.05, 3.63) is 35.4 Å². The fourth-order valence-electron chi connectivity index (χ4n) is 2.54. The van der Waals surface area contributed by atoms with E-state index in [0.717, 1.165) is 37.0 Å². The maximum Gasteiger partial charge on any atom is 0.314 e. The van der Waals surface area contributed by atoms with Gasteiger partial charge >= 0.3 is 6.03 Å². The van der Waals surface area contributed by atoms with Gasteiger partial charge in [0.1, 0.15) is 0 Å². The molecule has 1 aliphatic heterocycles. The molecule has 1 fully saturated rings. The first-order valence-corrected chi connectivity index (χ1v) is 8.03. The lowest BCUT2D eigenvalue weighted by Crippen LogP contribution is -2.39. The zero-order valence-corrected chi connectivity index (χ0v) is 13.2. The van der Waals surface area contributed by atoms with Crippen molar-refractivity contribution in [1.29, 1.82) is 0 Å². The van der Waals surface area contributed by atoms with Crippen LogP contribution in [0.3, 0.4) is 0 Å². The van der Waals surface area contributed by atoms with Crippen LogP contribution in [-0.4, -0.2) is 36.9 Å². The molecule has 0 bridgehead atoms. The molecule has 5 nitrogen and oxygen atoms in total. The number of carbonyl (C=O) groups excluding carboxylic acids is 1. The Hall–Kier alpha value is -1.59. The van der Waals surface area contributed by atoms with Crippen LogP contribution < -0.4 is 10.6 Å². The van der Waals surface area contributed by atoms with Gasteiger partial charge in [0.05, 0.1) is 12.2 Å². The van der Waals surface area contributed by atoms with Gasteiger partial charge in [-0.2, -0.15) is 0 Å². The molecular weight excluding hydrogens is 280 g/mol. The molecule has 2 unspecified atom stereocenters. The lowest BCUT2D eigenvalue weighted by atomic mass is 10.1. The number of nitrogens with one attached hydrogen (secondary N) is 2. The van der Waals surface area contributed by atoms with Gasteiger partial charge in [0.2, 0.25) is 0 Å². The molecule has 2 atom stereocenters. The highest BCUT2D eigenvalue weighted by Gasteiger charge is 2.14. The van der Waals surface area contributed by atoms with Crippen LogP contribution in [0.4, 0.5) is 4.79 Å². The molecule has 3 N–H and O–H groups in total. The van der Waals surface area contributed by atoms with Gasteiger partial charge in [-0.25, -0.2) is 4.79 Å². The molecule has 5 heteroatoms. The molecular formula is C17H26N2O3. The Morgan fingerprint density at radius 2 is 2.09 bits per heavy atom. The first-order chi connectivity index (χ1) is 10.6. The minimum Gasteiger partial charge on any atom is -0.387 e. The number of aliphatic hydroxyl groups is 1. The van der Waals surface area contributed by atoms with E-state index >= 15 is 0 Å². The van der Waals surface area contributed by atoms with Gasteiger partial charge in [-0.1, -0.05) is 29.8 Å². The monoisotopic (exact) mass is 306 g/mol. The van der Waals surface area contributed by atoms with Crippen molar-refractivity contribution in [2.24, 2.45) is 0 Å². The van der Waals surface area contributed by atoms with E-state index in [9.17, 15) is 9.90 Å². The van der Waals surface area contributed by atoms with E-state index in [1.54, 1.807) is 0 Å². The van der Waals surface area contributed by atoms with Crippen LogP contribution in [0.5, 0.6) is 0 Å². The fraction of sp³-hybridized carbons (Fsp3) is 0.588. The van der Waals surface area contributed by atoms with E-state index in [1.807, 2.05) is 31.2 Å². The van der Waals surface area contributed by atoms with Crippen molar-refractivity contribution in [1.82, 2.24) is 10.6 Å². The summed E-state index contributed by atoms with van der Waals surface area (Å²) in [6.45, 7) is 3.63. The lowest BCUT2D eigenvalue weighted by Gasteiger charge is -2.22. The van der Waals surface area contributed by atoms with Gasteiger partial charge in [0.25, 0.3) is 0 Å². The summed E-state index contributed by atoms with van der Waals surface area (Å²) in [6, 6.07) is 7.40.